The molecule has 0 saturated carbocycles. The number of nitro groups is 1. The maximum Gasteiger partial charge on any atom is 0.274 e. The highest BCUT2D eigenvalue weighted by Crippen LogP contribution is 2.23. The predicted molar refractivity (Wildman–Crippen MR) is 72.0 cm³/mol. The molecule has 0 radical (unpaired) electrons. The van der Waals surface area contributed by atoms with Crippen molar-refractivity contribution < 1.29 is 9.72 Å². The third kappa shape index (κ3) is 2.79. The lowest BCUT2D eigenvalue weighted by Crippen LogP contribution is -2.36. The molecule has 1 saturated heterocycles. The van der Waals surface area contributed by atoms with Gasteiger partial charge in [0.05, 0.1) is 4.92 Å². The summed E-state index contributed by atoms with van der Waals surface area (Å²) in [5.41, 5.74) is 2.75. The first-order valence-electron chi connectivity index (χ1n) is 5.95. The van der Waals surface area contributed by atoms with E-state index in [1.165, 1.54) is 6.07 Å². The van der Waals surface area contributed by atoms with Crippen LogP contribution in [0.3, 0.4) is 0 Å². The zero-order valence-electron chi connectivity index (χ0n) is 10.8. The van der Waals surface area contributed by atoms with Crippen LogP contribution in [0.5, 0.6) is 0 Å². The predicted octanol–water partition coefficient (Wildman–Crippen LogP) is 1.76. The Morgan fingerprint density at radius 1 is 1.42 bits per heavy atom. The van der Waals surface area contributed by atoms with Crippen LogP contribution in [0, 0.1) is 17.0 Å². The van der Waals surface area contributed by atoms with Gasteiger partial charge in [-0.1, -0.05) is 6.07 Å². The molecule has 0 atom stereocenters. The fraction of sp³-hybridized carbons (Fsp3) is 0.308. The van der Waals surface area contributed by atoms with E-state index in [0.29, 0.717) is 16.8 Å². The summed E-state index contributed by atoms with van der Waals surface area (Å²) < 4.78 is 0. The fourth-order valence-corrected chi connectivity index (χ4v) is 1.78. The summed E-state index contributed by atoms with van der Waals surface area (Å²) in [6.07, 6.45) is 0. The van der Waals surface area contributed by atoms with E-state index in [1.807, 2.05) is 0 Å². The normalized spacial score (nSPS) is 13.7. The number of nitrogens with one attached hydrogen (secondary N) is 2. The number of hydrogen-bond donors (Lipinski definition) is 2. The van der Waals surface area contributed by atoms with Gasteiger partial charge in [0.15, 0.2) is 0 Å². The van der Waals surface area contributed by atoms with Crippen LogP contribution in [-0.4, -0.2) is 23.9 Å². The first-order valence-corrected chi connectivity index (χ1v) is 5.95. The van der Waals surface area contributed by atoms with Crippen LogP contribution in [-0.2, 0) is 4.79 Å². The Morgan fingerprint density at radius 2 is 2.11 bits per heavy atom. The molecule has 1 amide bonds. The van der Waals surface area contributed by atoms with Gasteiger partial charge in [-0.3, -0.25) is 14.9 Å². The fourth-order valence-electron chi connectivity index (χ4n) is 1.78. The van der Waals surface area contributed by atoms with Crippen molar-refractivity contribution in [3.63, 3.8) is 0 Å². The number of amides is 1. The topological polar surface area (TPSA) is 84.3 Å². The van der Waals surface area contributed by atoms with E-state index in [1.54, 1.807) is 26.0 Å². The Bertz CT molecular complexity index is 572. The third-order valence-corrected chi connectivity index (χ3v) is 3.21. The number of carbonyl (C=O) groups is 1. The SMILES string of the molecule is CC(C(=O)Nc1ccc(C)c([N+](=O)[O-])c1)=C1CNC1. The van der Waals surface area contributed by atoms with Gasteiger partial charge in [0.2, 0.25) is 0 Å². The first-order chi connectivity index (χ1) is 8.99. The van der Waals surface area contributed by atoms with Crippen molar-refractivity contribution in [2.24, 2.45) is 0 Å². The van der Waals surface area contributed by atoms with Crippen molar-refractivity contribution in [2.45, 2.75) is 13.8 Å². The molecule has 0 bridgehead atoms. The van der Waals surface area contributed by atoms with E-state index in [9.17, 15) is 14.9 Å². The Kier molecular flexibility index (Phi) is 3.62. The lowest BCUT2D eigenvalue weighted by atomic mass is 10.0. The second kappa shape index (κ2) is 5.19. The molecule has 1 fully saturated rings. The zero-order chi connectivity index (χ0) is 14.0. The van der Waals surface area contributed by atoms with Crippen molar-refractivity contribution in [2.75, 3.05) is 18.4 Å². The minimum atomic E-state index is -0.452. The largest absolute Gasteiger partial charge is 0.322 e. The summed E-state index contributed by atoms with van der Waals surface area (Å²) in [6.45, 7) is 4.88. The maximum atomic E-state index is 11.9. The molecule has 1 aromatic carbocycles. The van der Waals surface area contributed by atoms with Gasteiger partial charge >= 0.3 is 0 Å². The van der Waals surface area contributed by atoms with Gasteiger partial charge in [-0.25, -0.2) is 0 Å². The third-order valence-electron chi connectivity index (χ3n) is 3.21. The monoisotopic (exact) mass is 261 g/mol. The molecular formula is C13H15N3O3. The van der Waals surface area contributed by atoms with Crippen LogP contribution in [0.2, 0.25) is 0 Å². The maximum absolute atomic E-state index is 11.9. The van der Waals surface area contributed by atoms with Gasteiger partial charge < -0.3 is 10.6 Å². The van der Waals surface area contributed by atoms with E-state index in [0.717, 1.165) is 18.7 Å². The highest BCUT2D eigenvalue weighted by Gasteiger charge is 2.17. The van der Waals surface area contributed by atoms with Crippen molar-refractivity contribution in [3.8, 4) is 0 Å². The quantitative estimate of drug-likeness (QED) is 0.493. The number of nitro benzene ring substituents is 1. The number of carbonyl (C=O) groups excluding carboxylic acids is 1. The number of benzene rings is 1. The van der Waals surface area contributed by atoms with Gasteiger partial charge in [0.1, 0.15) is 0 Å². The number of aryl methyl sites for hydroxylation is 1. The summed E-state index contributed by atoms with van der Waals surface area (Å²) >= 11 is 0. The first kappa shape index (κ1) is 13.2. The van der Waals surface area contributed by atoms with Crippen molar-refractivity contribution in [1.82, 2.24) is 5.32 Å². The van der Waals surface area contributed by atoms with Crippen molar-refractivity contribution in [3.05, 3.63) is 45.0 Å². The van der Waals surface area contributed by atoms with E-state index >= 15 is 0 Å². The lowest BCUT2D eigenvalue weighted by molar-refractivity contribution is -0.385. The van der Waals surface area contributed by atoms with Crippen LogP contribution < -0.4 is 10.6 Å². The summed E-state index contributed by atoms with van der Waals surface area (Å²) in [7, 11) is 0. The highest BCUT2D eigenvalue weighted by atomic mass is 16.6. The molecule has 1 heterocycles. The average Bonchev–Trinajstić information content (AvgIpc) is 2.28. The van der Waals surface area contributed by atoms with Gasteiger partial charge in [-0.15, -0.1) is 0 Å². The molecule has 0 unspecified atom stereocenters. The van der Waals surface area contributed by atoms with Crippen LogP contribution in [0.15, 0.2) is 29.3 Å². The minimum absolute atomic E-state index is 0.00779. The van der Waals surface area contributed by atoms with Gasteiger partial charge in [0, 0.05) is 36.0 Å². The number of anilines is 1. The summed E-state index contributed by atoms with van der Waals surface area (Å²) in [4.78, 5) is 22.3. The smallest absolute Gasteiger partial charge is 0.274 e. The molecule has 1 aromatic rings. The number of hydrogen-bond acceptors (Lipinski definition) is 4. The molecule has 2 N–H and O–H groups in total. The summed E-state index contributed by atoms with van der Waals surface area (Å²) in [5, 5.41) is 16.6. The Morgan fingerprint density at radius 3 is 2.63 bits per heavy atom. The zero-order valence-corrected chi connectivity index (χ0v) is 10.8. The van der Waals surface area contributed by atoms with E-state index in [2.05, 4.69) is 10.6 Å². The standard InChI is InChI=1S/C13H15N3O3/c1-8-3-4-11(5-12(8)16(18)19)15-13(17)9(2)10-6-14-7-10/h3-5,14H,6-7H2,1-2H3,(H,15,17). The molecular weight excluding hydrogens is 246 g/mol. The molecule has 1 aliphatic rings. The van der Waals surface area contributed by atoms with E-state index < -0.39 is 4.92 Å². The Labute approximate surface area is 110 Å². The molecule has 0 aliphatic carbocycles. The Balaban J connectivity index is 2.17. The molecule has 6 heteroatoms. The van der Waals surface area contributed by atoms with Crippen LogP contribution >= 0.6 is 0 Å². The van der Waals surface area contributed by atoms with Crippen LogP contribution in [0.1, 0.15) is 12.5 Å². The number of rotatable bonds is 3. The van der Waals surface area contributed by atoms with Gasteiger partial charge in [-0.2, -0.15) is 0 Å². The number of nitrogens with zero attached hydrogens (tertiary/aromatic N) is 1. The van der Waals surface area contributed by atoms with Crippen LogP contribution in [0.25, 0.3) is 0 Å². The second-order valence-corrected chi connectivity index (χ2v) is 4.54. The molecule has 0 aromatic heterocycles. The molecule has 2 rings (SSSR count). The molecule has 6 nitrogen and oxygen atoms in total. The van der Waals surface area contributed by atoms with Gasteiger partial charge in [0.25, 0.3) is 11.6 Å². The average molecular weight is 261 g/mol. The van der Waals surface area contributed by atoms with E-state index in [-0.39, 0.29) is 11.6 Å². The highest BCUT2D eigenvalue weighted by molar-refractivity contribution is 6.04. The van der Waals surface area contributed by atoms with Crippen molar-refractivity contribution >= 4 is 17.3 Å². The second-order valence-electron chi connectivity index (χ2n) is 4.54. The van der Waals surface area contributed by atoms with Crippen LogP contribution in [0.4, 0.5) is 11.4 Å². The molecule has 19 heavy (non-hydrogen) atoms. The summed E-state index contributed by atoms with van der Waals surface area (Å²) in [6, 6.07) is 4.67. The van der Waals surface area contributed by atoms with E-state index in [4.69, 9.17) is 0 Å². The van der Waals surface area contributed by atoms with Crippen molar-refractivity contribution in [1.29, 1.82) is 0 Å². The molecule has 100 valence electrons. The molecule has 0 spiro atoms. The summed E-state index contributed by atoms with van der Waals surface area (Å²) in [5.74, 6) is -0.213. The molecule has 1 aliphatic heterocycles. The lowest BCUT2D eigenvalue weighted by Gasteiger charge is -2.21. The minimum Gasteiger partial charge on any atom is -0.322 e. The van der Waals surface area contributed by atoms with Gasteiger partial charge in [-0.05, 0) is 25.5 Å². The Hall–Kier alpha value is -2.21.